The van der Waals surface area contributed by atoms with Crippen molar-refractivity contribution in [2.45, 2.75) is 19.8 Å². The number of carboxylic acid groups (broad SMARTS) is 1. The Balaban J connectivity index is 1.73. The highest BCUT2D eigenvalue weighted by molar-refractivity contribution is 6.37. The molecule has 0 bridgehead atoms. The maximum atomic E-state index is 11.1. The molecule has 0 fully saturated rings. The predicted octanol–water partition coefficient (Wildman–Crippen LogP) is 7.20. The summed E-state index contributed by atoms with van der Waals surface area (Å²) in [4.78, 5) is 24.4. The molecule has 0 aliphatic carbocycles. The minimum Gasteiger partial charge on any atom is -0.478 e. The first-order chi connectivity index (χ1) is 16.3. The van der Waals surface area contributed by atoms with Crippen LogP contribution >= 0.6 is 23.2 Å². The van der Waals surface area contributed by atoms with Gasteiger partial charge in [-0.1, -0.05) is 67.4 Å². The van der Waals surface area contributed by atoms with Gasteiger partial charge in [-0.15, -0.1) is 0 Å². The molecule has 4 aromatic rings. The number of hydrogen-bond acceptors (Lipinski definition) is 6. The summed E-state index contributed by atoms with van der Waals surface area (Å²) < 4.78 is 5.85. The van der Waals surface area contributed by atoms with Gasteiger partial charge in [-0.2, -0.15) is 15.0 Å². The number of hydrogen-bond donors (Lipinski definition) is 2. The molecule has 0 radical (unpaired) electrons. The predicted molar refractivity (Wildman–Crippen MR) is 133 cm³/mol. The number of nitrogens with one attached hydrogen (secondary N) is 1. The topological polar surface area (TPSA) is 97.2 Å². The maximum absolute atomic E-state index is 11.1. The second kappa shape index (κ2) is 10.1. The summed E-state index contributed by atoms with van der Waals surface area (Å²) in [5.41, 5.74) is 2.73. The minimum atomic E-state index is -1.01. The van der Waals surface area contributed by atoms with E-state index in [9.17, 15) is 4.79 Å². The van der Waals surface area contributed by atoms with Crippen molar-refractivity contribution in [1.29, 1.82) is 0 Å². The molecule has 0 unspecified atom stereocenters. The van der Waals surface area contributed by atoms with Gasteiger partial charge in [0.2, 0.25) is 5.95 Å². The Morgan fingerprint density at radius 3 is 2.15 bits per heavy atom. The summed E-state index contributed by atoms with van der Waals surface area (Å²) in [6.45, 7) is 4.24. The lowest BCUT2D eigenvalue weighted by atomic mass is 10.0. The molecule has 172 valence electrons. The van der Waals surface area contributed by atoms with E-state index in [1.165, 1.54) is 17.7 Å². The zero-order chi connectivity index (χ0) is 24.2. The van der Waals surface area contributed by atoms with Crippen molar-refractivity contribution in [3.63, 3.8) is 0 Å². The molecule has 0 aliphatic heterocycles. The van der Waals surface area contributed by atoms with Crippen molar-refractivity contribution >= 4 is 40.8 Å². The molecule has 0 aliphatic rings. The van der Waals surface area contributed by atoms with Crippen LogP contribution in [-0.4, -0.2) is 26.0 Å². The third-order valence-electron chi connectivity index (χ3n) is 4.95. The molecule has 0 spiro atoms. The van der Waals surface area contributed by atoms with E-state index in [1.54, 1.807) is 30.3 Å². The maximum Gasteiger partial charge on any atom is 0.335 e. The average Bonchev–Trinajstić information content (AvgIpc) is 2.82. The first-order valence-electron chi connectivity index (χ1n) is 10.4. The molecule has 0 atom stereocenters. The molecule has 1 heterocycles. The normalized spacial score (nSPS) is 10.9. The Morgan fingerprint density at radius 1 is 0.912 bits per heavy atom. The van der Waals surface area contributed by atoms with Crippen LogP contribution in [0.5, 0.6) is 11.8 Å². The molecular formula is C25H20Cl2N4O3. The monoisotopic (exact) mass is 494 g/mol. The van der Waals surface area contributed by atoms with E-state index in [0.717, 1.165) is 5.56 Å². The molecule has 0 saturated carbocycles. The van der Waals surface area contributed by atoms with Crippen molar-refractivity contribution in [2.24, 2.45) is 0 Å². The SMILES string of the molecule is CC(C)c1ccc(-c2nc(Nc3ccc(C(=O)O)cc3)nc(Oc3c(Cl)cccc3Cl)n2)cc1. The number of aromatic carboxylic acids is 1. The minimum absolute atomic E-state index is 0.00223. The molecule has 7 nitrogen and oxygen atoms in total. The largest absolute Gasteiger partial charge is 0.478 e. The first-order valence-corrected chi connectivity index (χ1v) is 11.1. The van der Waals surface area contributed by atoms with E-state index in [0.29, 0.717) is 27.5 Å². The van der Waals surface area contributed by atoms with Crippen LogP contribution in [0.2, 0.25) is 10.0 Å². The van der Waals surface area contributed by atoms with E-state index in [4.69, 9.17) is 33.0 Å². The number of nitrogens with zero attached hydrogens (tertiary/aromatic N) is 3. The summed E-state index contributed by atoms with van der Waals surface area (Å²) in [5, 5.41) is 12.8. The van der Waals surface area contributed by atoms with Crippen molar-refractivity contribution < 1.29 is 14.6 Å². The Hall–Kier alpha value is -3.68. The molecule has 1 aromatic heterocycles. The van der Waals surface area contributed by atoms with Gasteiger partial charge in [0.15, 0.2) is 11.6 Å². The Kier molecular flexibility index (Phi) is 6.95. The fraction of sp³-hybridized carbons (Fsp3) is 0.120. The van der Waals surface area contributed by atoms with Crippen LogP contribution < -0.4 is 10.1 Å². The van der Waals surface area contributed by atoms with Crippen LogP contribution in [0, 0.1) is 0 Å². The van der Waals surface area contributed by atoms with E-state index in [2.05, 4.69) is 34.1 Å². The van der Waals surface area contributed by atoms with E-state index >= 15 is 0 Å². The first kappa shape index (κ1) is 23.5. The van der Waals surface area contributed by atoms with Gasteiger partial charge in [0.05, 0.1) is 15.6 Å². The number of anilines is 2. The van der Waals surface area contributed by atoms with Crippen molar-refractivity contribution in [2.75, 3.05) is 5.32 Å². The van der Waals surface area contributed by atoms with Crippen molar-refractivity contribution in [3.05, 3.63) is 87.9 Å². The van der Waals surface area contributed by atoms with Gasteiger partial charge in [-0.05, 0) is 47.9 Å². The number of rotatable bonds is 7. The Labute approximate surface area is 206 Å². The highest BCUT2D eigenvalue weighted by Crippen LogP contribution is 2.35. The summed E-state index contributed by atoms with van der Waals surface area (Å²) >= 11 is 12.5. The average molecular weight is 495 g/mol. The third kappa shape index (κ3) is 5.44. The van der Waals surface area contributed by atoms with Crippen molar-refractivity contribution in [1.82, 2.24) is 15.0 Å². The van der Waals surface area contributed by atoms with Gasteiger partial charge < -0.3 is 15.2 Å². The van der Waals surface area contributed by atoms with Gasteiger partial charge in [0, 0.05) is 11.3 Å². The Bertz CT molecular complexity index is 1310. The summed E-state index contributed by atoms with van der Waals surface area (Å²) in [6.07, 6.45) is 0. The molecule has 9 heteroatoms. The van der Waals surface area contributed by atoms with Gasteiger partial charge in [0.25, 0.3) is 0 Å². The molecular weight excluding hydrogens is 475 g/mol. The van der Waals surface area contributed by atoms with Crippen LogP contribution in [0.25, 0.3) is 11.4 Å². The van der Waals surface area contributed by atoms with Crippen molar-refractivity contribution in [3.8, 4) is 23.1 Å². The van der Waals surface area contributed by atoms with Crippen LogP contribution in [0.4, 0.5) is 11.6 Å². The number of benzene rings is 3. The lowest BCUT2D eigenvalue weighted by Crippen LogP contribution is -2.04. The smallest absolute Gasteiger partial charge is 0.335 e. The zero-order valence-corrected chi connectivity index (χ0v) is 19.8. The molecule has 2 N–H and O–H groups in total. The van der Waals surface area contributed by atoms with E-state index in [-0.39, 0.29) is 23.3 Å². The standard InChI is InChI=1S/C25H20Cl2N4O3/c1-14(2)15-6-8-16(9-7-15)22-29-24(28-18-12-10-17(11-13-18)23(32)33)31-25(30-22)34-21-19(26)4-3-5-20(21)27/h3-14H,1-2H3,(H,32,33)(H,28,29,30,31). The molecule has 3 aromatic carbocycles. The quantitative estimate of drug-likeness (QED) is 0.280. The fourth-order valence-corrected chi connectivity index (χ4v) is 3.58. The second-order valence-electron chi connectivity index (χ2n) is 7.70. The summed E-state index contributed by atoms with van der Waals surface area (Å²) in [6, 6.07) is 19.1. The van der Waals surface area contributed by atoms with E-state index < -0.39 is 5.97 Å². The van der Waals surface area contributed by atoms with Gasteiger partial charge in [-0.25, -0.2) is 4.79 Å². The number of para-hydroxylation sites is 1. The zero-order valence-electron chi connectivity index (χ0n) is 18.3. The molecule has 0 saturated heterocycles. The highest BCUT2D eigenvalue weighted by Gasteiger charge is 2.15. The lowest BCUT2D eigenvalue weighted by Gasteiger charge is -2.12. The van der Waals surface area contributed by atoms with Crippen LogP contribution in [0.1, 0.15) is 35.7 Å². The molecule has 0 amide bonds. The van der Waals surface area contributed by atoms with E-state index in [1.807, 2.05) is 24.3 Å². The summed E-state index contributed by atoms with van der Waals surface area (Å²) in [5.74, 6) is 0.202. The number of aromatic nitrogens is 3. The number of carboxylic acids is 1. The summed E-state index contributed by atoms with van der Waals surface area (Å²) in [7, 11) is 0. The fourth-order valence-electron chi connectivity index (χ4n) is 3.10. The molecule has 4 rings (SSSR count). The van der Waals surface area contributed by atoms with Crippen LogP contribution in [-0.2, 0) is 0 Å². The number of ether oxygens (including phenoxy) is 1. The van der Waals surface area contributed by atoms with Crippen LogP contribution in [0.3, 0.4) is 0 Å². The van der Waals surface area contributed by atoms with Gasteiger partial charge in [-0.3, -0.25) is 0 Å². The lowest BCUT2D eigenvalue weighted by molar-refractivity contribution is 0.0697. The Morgan fingerprint density at radius 2 is 1.56 bits per heavy atom. The highest BCUT2D eigenvalue weighted by atomic mass is 35.5. The van der Waals surface area contributed by atoms with Gasteiger partial charge in [0.1, 0.15) is 0 Å². The molecule has 34 heavy (non-hydrogen) atoms. The second-order valence-corrected chi connectivity index (χ2v) is 8.52. The van der Waals surface area contributed by atoms with Gasteiger partial charge >= 0.3 is 12.0 Å². The van der Waals surface area contributed by atoms with Crippen LogP contribution in [0.15, 0.2) is 66.7 Å². The number of halogens is 2. The number of carbonyl (C=O) groups is 1. The third-order valence-corrected chi connectivity index (χ3v) is 5.55.